The molecule has 0 spiro atoms. The van der Waals surface area contributed by atoms with Crippen molar-refractivity contribution in [2.45, 2.75) is 70.7 Å². The molecule has 0 aromatic rings. The van der Waals surface area contributed by atoms with Gasteiger partial charge in [0.2, 0.25) is 0 Å². The van der Waals surface area contributed by atoms with Gasteiger partial charge in [-0.05, 0) is 52.4 Å². The zero-order valence-corrected chi connectivity index (χ0v) is 11.9. The number of allylic oxidation sites excluding steroid dienone is 1. The number of rotatable bonds is 4. The Bertz CT molecular complexity index is 368. The molecule has 0 aromatic carbocycles. The first kappa shape index (κ1) is 14.0. The lowest BCUT2D eigenvalue weighted by Gasteiger charge is -2.64. The molecule has 0 saturated heterocycles. The van der Waals surface area contributed by atoms with E-state index in [0.29, 0.717) is 12.3 Å². The van der Waals surface area contributed by atoms with Crippen LogP contribution in [0.2, 0.25) is 0 Å². The summed E-state index contributed by atoms with van der Waals surface area (Å²) >= 11 is 0. The highest BCUT2D eigenvalue weighted by Crippen LogP contribution is 2.64. The molecule has 4 atom stereocenters. The highest BCUT2D eigenvalue weighted by atomic mass is 16.3. The fourth-order valence-corrected chi connectivity index (χ4v) is 3.64. The van der Waals surface area contributed by atoms with E-state index < -0.39 is 17.3 Å². The maximum Gasteiger partial charge on any atom is 0.0849 e. The predicted molar refractivity (Wildman–Crippen MR) is 71.1 cm³/mol. The lowest BCUT2D eigenvalue weighted by atomic mass is 9.44. The number of aliphatic hydroxyl groups is 3. The summed E-state index contributed by atoms with van der Waals surface area (Å²) < 4.78 is 0. The van der Waals surface area contributed by atoms with Crippen LogP contribution in [0, 0.1) is 11.3 Å². The Hall–Kier alpha value is -0.380. The Kier molecular flexibility index (Phi) is 3.16. The van der Waals surface area contributed by atoms with E-state index in [2.05, 4.69) is 19.9 Å². The van der Waals surface area contributed by atoms with E-state index in [1.54, 1.807) is 13.8 Å². The molecule has 0 aliphatic heterocycles. The lowest BCUT2D eigenvalue weighted by Crippen LogP contribution is -2.64. The summed E-state index contributed by atoms with van der Waals surface area (Å²) in [5.74, 6) is 0.435. The first-order valence-electron chi connectivity index (χ1n) is 6.90. The standard InChI is InChI=1S/C15H26O3/c1-10-5-8-15(18)9-11(10)14(15,4)7-6-12(16)13(2,3)17/h5,11-12,16-18H,6-9H2,1-4H3/t11-,12+,14-,15+/m0/s1. The molecule has 2 bridgehead atoms. The summed E-state index contributed by atoms with van der Waals surface area (Å²) in [4.78, 5) is 0. The van der Waals surface area contributed by atoms with Crippen molar-refractivity contribution in [1.82, 2.24) is 0 Å². The van der Waals surface area contributed by atoms with Gasteiger partial charge in [0.25, 0.3) is 0 Å². The summed E-state index contributed by atoms with van der Waals surface area (Å²) in [6.07, 6.45) is 4.27. The number of fused-ring (bicyclic) bond motifs is 1. The van der Waals surface area contributed by atoms with Crippen molar-refractivity contribution in [1.29, 1.82) is 0 Å². The molecule has 3 aliphatic carbocycles. The maximum absolute atomic E-state index is 10.6. The van der Waals surface area contributed by atoms with Crippen LogP contribution < -0.4 is 0 Å². The average molecular weight is 254 g/mol. The molecule has 0 radical (unpaired) electrons. The summed E-state index contributed by atoms with van der Waals surface area (Å²) in [6, 6.07) is 0. The maximum atomic E-state index is 10.6. The van der Waals surface area contributed by atoms with Gasteiger partial charge in [-0.3, -0.25) is 0 Å². The Morgan fingerprint density at radius 2 is 2.11 bits per heavy atom. The topological polar surface area (TPSA) is 60.7 Å². The number of aliphatic hydroxyl groups excluding tert-OH is 1. The molecule has 1 saturated carbocycles. The van der Waals surface area contributed by atoms with Gasteiger partial charge in [-0.25, -0.2) is 0 Å². The number of hydrogen-bond donors (Lipinski definition) is 3. The largest absolute Gasteiger partial charge is 0.390 e. The van der Waals surface area contributed by atoms with Crippen LogP contribution in [0.5, 0.6) is 0 Å². The van der Waals surface area contributed by atoms with Gasteiger partial charge in [-0.1, -0.05) is 18.6 Å². The molecule has 104 valence electrons. The van der Waals surface area contributed by atoms with E-state index in [1.807, 2.05) is 0 Å². The van der Waals surface area contributed by atoms with Crippen LogP contribution in [0.3, 0.4) is 0 Å². The van der Waals surface area contributed by atoms with E-state index in [-0.39, 0.29) is 5.41 Å². The van der Waals surface area contributed by atoms with E-state index in [1.165, 1.54) is 5.57 Å². The van der Waals surface area contributed by atoms with Crippen molar-refractivity contribution in [2.24, 2.45) is 11.3 Å². The van der Waals surface area contributed by atoms with Gasteiger partial charge in [0.15, 0.2) is 0 Å². The van der Waals surface area contributed by atoms with Crippen molar-refractivity contribution < 1.29 is 15.3 Å². The summed E-state index contributed by atoms with van der Waals surface area (Å²) in [5.41, 5.74) is -0.441. The lowest BCUT2D eigenvalue weighted by molar-refractivity contribution is -0.206. The third kappa shape index (κ3) is 1.93. The van der Waals surface area contributed by atoms with Crippen molar-refractivity contribution in [3.8, 4) is 0 Å². The second kappa shape index (κ2) is 4.06. The Morgan fingerprint density at radius 3 is 2.61 bits per heavy atom. The summed E-state index contributed by atoms with van der Waals surface area (Å²) in [6.45, 7) is 7.51. The van der Waals surface area contributed by atoms with Gasteiger partial charge in [-0.15, -0.1) is 0 Å². The quantitative estimate of drug-likeness (QED) is 0.673. The van der Waals surface area contributed by atoms with Crippen molar-refractivity contribution in [2.75, 3.05) is 0 Å². The molecule has 0 unspecified atom stereocenters. The number of hydrogen-bond acceptors (Lipinski definition) is 3. The zero-order chi connectivity index (χ0) is 13.8. The predicted octanol–water partition coefficient (Wildman–Crippen LogP) is 2.01. The molecule has 3 heteroatoms. The van der Waals surface area contributed by atoms with E-state index in [0.717, 1.165) is 19.3 Å². The van der Waals surface area contributed by atoms with E-state index >= 15 is 0 Å². The zero-order valence-electron chi connectivity index (χ0n) is 11.9. The first-order valence-corrected chi connectivity index (χ1v) is 6.90. The summed E-state index contributed by atoms with van der Waals surface area (Å²) in [5, 5.41) is 30.3. The fourth-order valence-electron chi connectivity index (χ4n) is 3.64. The van der Waals surface area contributed by atoms with Crippen LogP contribution in [0.4, 0.5) is 0 Å². The first-order chi connectivity index (χ1) is 8.10. The van der Waals surface area contributed by atoms with Crippen LogP contribution in [-0.4, -0.2) is 32.6 Å². The second-order valence-corrected chi connectivity index (χ2v) is 7.07. The molecule has 3 rings (SSSR count). The molecular formula is C15H26O3. The van der Waals surface area contributed by atoms with Crippen molar-refractivity contribution in [3.05, 3.63) is 11.6 Å². The van der Waals surface area contributed by atoms with Gasteiger partial charge in [-0.2, -0.15) is 0 Å². The van der Waals surface area contributed by atoms with Crippen LogP contribution in [0.1, 0.15) is 53.4 Å². The Balaban J connectivity index is 2.04. The highest BCUT2D eigenvalue weighted by Gasteiger charge is 2.63. The highest BCUT2D eigenvalue weighted by molar-refractivity contribution is 5.29. The van der Waals surface area contributed by atoms with Crippen molar-refractivity contribution in [3.63, 3.8) is 0 Å². The molecule has 3 N–H and O–H groups in total. The smallest absolute Gasteiger partial charge is 0.0849 e. The van der Waals surface area contributed by atoms with Gasteiger partial charge >= 0.3 is 0 Å². The second-order valence-electron chi connectivity index (χ2n) is 7.07. The Labute approximate surface area is 110 Å². The van der Waals surface area contributed by atoms with Crippen LogP contribution in [0.15, 0.2) is 11.6 Å². The molecule has 0 amide bonds. The van der Waals surface area contributed by atoms with Crippen LogP contribution in [0.25, 0.3) is 0 Å². The van der Waals surface area contributed by atoms with Gasteiger partial charge < -0.3 is 15.3 Å². The molecule has 3 nitrogen and oxygen atoms in total. The summed E-state index contributed by atoms with van der Waals surface area (Å²) in [7, 11) is 0. The normalized spacial score (nSPS) is 41.1. The minimum Gasteiger partial charge on any atom is -0.390 e. The Morgan fingerprint density at radius 1 is 1.50 bits per heavy atom. The third-order valence-corrected chi connectivity index (χ3v) is 5.44. The van der Waals surface area contributed by atoms with Crippen LogP contribution in [-0.2, 0) is 0 Å². The van der Waals surface area contributed by atoms with E-state index in [9.17, 15) is 15.3 Å². The minimum absolute atomic E-state index is 0.141. The van der Waals surface area contributed by atoms with Crippen LogP contribution >= 0.6 is 0 Å². The molecule has 18 heavy (non-hydrogen) atoms. The monoisotopic (exact) mass is 254 g/mol. The molecule has 1 fully saturated rings. The third-order valence-electron chi connectivity index (χ3n) is 5.44. The minimum atomic E-state index is -1.07. The molecule has 0 aromatic heterocycles. The van der Waals surface area contributed by atoms with E-state index in [4.69, 9.17) is 0 Å². The average Bonchev–Trinajstić information content (AvgIpc) is 2.27. The van der Waals surface area contributed by atoms with Gasteiger partial charge in [0, 0.05) is 5.41 Å². The van der Waals surface area contributed by atoms with Gasteiger partial charge in [0.1, 0.15) is 0 Å². The molecular weight excluding hydrogens is 228 g/mol. The SMILES string of the molecule is CC1=CC[C@@]2(O)C[C@@H]1[C@]2(C)CC[C@@H](O)C(C)(C)O. The van der Waals surface area contributed by atoms with Crippen molar-refractivity contribution >= 4 is 0 Å². The fraction of sp³-hybridized carbons (Fsp3) is 0.867. The van der Waals surface area contributed by atoms with Gasteiger partial charge in [0.05, 0.1) is 17.3 Å². The molecule has 3 aliphatic rings. The molecule has 0 heterocycles.